The van der Waals surface area contributed by atoms with Gasteiger partial charge in [0, 0.05) is 23.7 Å². The molecule has 0 saturated carbocycles. The summed E-state index contributed by atoms with van der Waals surface area (Å²) in [4.78, 5) is 12.5. The molecule has 1 aromatic heterocycles. The fourth-order valence-corrected chi connectivity index (χ4v) is 3.83. The molecule has 0 aliphatic carbocycles. The van der Waals surface area contributed by atoms with Crippen LogP contribution in [0.5, 0.6) is 5.75 Å². The third kappa shape index (κ3) is 3.65. The zero-order valence-corrected chi connectivity index (χ0v) is 16.6. The topological polar surface area (TPSA) is 64.4 Å². The molecule has 1 aliphatic rings. The number of hydrogen-bond donors (Lipinski definition) is 1. The first-order valence-electron chi connectivity index (χ1n) is 9.52. The zero-order chi connectivity index (χ0) is 19.8. The van der Waals surface area contributed by atoms with Gasteiger partial charge in [0.05, 0.1) is 12.1 Å². The Morgan fingerprint density at radius 3 is 2.64 bits per heavy atom. The summed E-state index contributed by atoms with van der Waals surface area (Å²) in [6.07, 6.45) is 1.26. The van der Waals surface area contributed by atoms with Gasteiger partial charge >= 0.3 is 0 Å². The number of ether oxygens (including phenoxy) is 1. The molecule has 28 heavy (non-hydrogen) atoms. The highest BCUT2D eigenvalue weighted by Crippen LogP contribution is 2.33. The molecule has 0 spiro atoms. The molecule has 2 aromatic carbocycles. The van der Waals surface area contributed by atoms with Gasteiger partial charge in [0.15, 0.2) is 5.76 Å². The van der Waals surface area contributed by atoms with Crippen molar-refractivity contribution in [3.8, 4) is 17.1 Å². The Hall–Kier alpha value is -3.08. The van der Waals surface area contributed by atoms with E-state index in [2.05, 4.69) is 35.6 Å². The summed E-state index contributed by atoms with van der Waals surface area (Å²) < 4.78 is 11.2. The Balaban J connectivity index is 1.47. The Morgan fingerprint density at radius 1 is 1.14 bits per heavy atom. The molecule has 1 aliphatic heterocycles. The number of anilines is 1. The van der Waals surface area contributed by atoms with Crippen molar-refractivity contribution in [3.05, 3.63) is 64.3 Å². The Labute approximate surface area is 164 Å². The minimum atomic E-state index is -0.105. The molecule has 0 radical (unpaired) electrons. The lowest BCUT2D eigenvalue weighted by Gasteiger charge is -2.12. The quantitative estimate of drug-likeness (QED) is 0.712. The van der Waals surface area contributed by atoms with Gasteiger partial charge in [-0.1, -0.05) is 22.9 Å². The summed E-state index contributed by atoms with van der Waals surface area (Å²) in [6.45, 7) is 8.11. The molecular weight excluding hydrogens is 352 g/mol. The number of hydrogen-bond acceptors (Lipinski definition) is 4. The van der Waals surface area contributed by atoms with E-state index in [9.17, 15) is 4.79 Å². The largest absolute Gasteiger partial charge is 0.490 e. The van der Waals surface area contributed by atoms with Crippen molar-refractivity contribution in [1.29, 1.82) is 0 Å². The van der Waals surface area contributed by atoms with Crippen LogP contribution in [0.15, 0.2) is 40.9 Å². The van der Waals surface area contributed by atoms with E-state index >= 15 is 0 Å². The number of carbonyl (C=O) groups excluding carboxylic acids is 1. The van der Waals surface area contributed by atoms with Gasteiger partial charge in [-0.3, -0.25) is 4.79 Å². The molecule has 144 valence electrons. The van der Waals surface area contributed by atoms with Gasteiger partial charge < -0.3 is 14.6 Å². The molecule has 1 N–H and O–H groups in total. The van der Waals surface area contributed by atoms with Crippen LogP contribution in [-0.2, 0) is 17.6 Å². The maximum Gasteiger partial charge on any atom is 0.230 e. The Morgan fingerprint density at radius 2 is 1.89 bits per heavy atom. The van der Waals surface area contributed by atoms with Gasteiger partial charge in [-0.15, -0.1) is 0 Å². The van der Waals surface area contributed by atoms with Crippen LogP contribution in [0, 0.1) is 20.8 Å². The normalized spacial score (nSPS) is 15.2. The van der Waals surface area contributed by atoms with E-state index in [0.29, 0.717) is 11.5 Å². The van der Waals surface area contributed by atoms with Crippen molar-refractivity contribution in [1.82, 2.24) is 5.16 Å². The van der Waals surface area contributed by atoms with Gasteiger partial charge in [0.1, 0.15) is 11.9 Å². The third-order valence-electron chi connectivity index (χ3n) is 5.02. The van der Waals surface area contributed by atoms with E-state index in [4.69, 9.17) is 9.26 Å². The molecule has 1 atom stereocenters. The average molecular weight is 376 g/mol. The fraction of sp³-hybridized carbons (Fsp3) is 0.304. The SMILES string of the molecule is Cc1cc(C)c(NC(=O)Cc2cc(-c3ccc4c(c3)CC(C)O4)on2)c(C)c1. The average Bonchev–Trinajstić information content (AvgIpc) is 3.22. The molecule has 4 rings (SSSR count). The van der Waals surface area contributed by atoms with Gasteiger partial charge in [0.2, 0.25) is 5.91 Å². The van der Waals surface area contributed by atoms with Crippen LogP contribution in [0.1, 0.15) is 34.9 Å². The smallest absolute Gasteiger partial charge is 0.230 e. The van der Waals surface area contributed by atoms with Crippen molar-refractivity contribution in [2.24, 2.45) is 0 Å². The lowest BCUT2D eigenvalue weighted by atomic mass is 10.0. The van der Waals surface area contributed by atoms with Crippen LogP contribution < -0.4 is 10.1 Å². The number of rotatable bonds is 4. The Kier molecular flexibility index (Phi) is 4.67. The van der Waals surface area contributed by atoms with Gasteiger partial charge in [-0.05, 0) is 62.6 Å². The van der Waals surface area contributed by atoms with Crippen molar-refractivity contribution >= 4 is 11.6 Å². The summed E-state index contributed by atoms with van der Waals surface area (Å²) in [6, 6.07) is 12.0. The number of aromatic nitrogens is 1. The van der Waals surface area contributed by atoms with E-state index in [0.717, 1.165) is 34.5 Å². The standard InChI is InChI=1S/C23H24N2O3/c1-13-7-14(2)23(15(3)8-13)24-22(26)12-19-11-21(28-25-19)17-5-6-20-18(10-17)9-16(4)27-20/h5-8,10-11,16H,9,12H2,1-4H3,(H,24,26). The fourth-order valence-electron chi connectivity index (χ4n) is 3.83. The molecule has 0 saturated heterocycles. The third-order valence-corrected chi connectivity index (χ3v) is 5.02. The van der Waals surface area contributed by atoms with E-state index < -0.39 is 0 Å². The van der Waals surface area contributed by atoms with Crippen LogP contribution in [0.2, 0.25) is 0 Å². The molecule has 5 heteroatoms. The maximum absolute atomic E-state index is 12.5. The molecule has 3 aromatic rings. The highest BCUT2D eigenvalue weighted by molar-refractivity contribution is 5.93. The number of aryl methyl sites for hydroxylation is 3. The first-order chi connectivity index (χ1) is 13.4. The van der Waals surface area contributed by atoms with Crippen molar-refractivity contribution in [3.63, 3.8) is 0 Å². The molecule has 1 unspecified atom stereocenters. The van der Waals surface area contributed by atoms with Gasteiger partial charge in [-0.25, -0.2) is 0 Å². The monoisotopic (exact) mass is 376 g/mol. The predicted molar refractivity (Wildman–Crippen MR) is 109 cm³/mol. The second-order valence-corrected chi connectivity index (χ2v) is 7.64. The van der Waals surface area contributed by atoms with Crippen LogP contribution in [0.25, 0.3) is 11.3 Å². The lowest BCUT2D eigenvalue weighted by Crippen LogP contribution is -2.16. The summed E-state index contributed by atoms with van der Waals surface area (Å²) in [5, 5.41) is 7.08. The van der Waals surface area contributed by atoms with Crippen molar-refractivity contribution in [2.75, 3.05) is 5.32 Å². The first-order valence-corrected chi connectivity index (χ1v) is 9.52. The second kappa shape index (κ2) is 7.15. The number of fused-ring (bicyclic) bond motifs is 1. The van der Waals surface area contributed by atoms with Gasteiger partial charge in [0.25, 0.3) is 0 Å². The molecule has 0 bridgehead atoms. The zero-order valence-electron chi connectivity index (χ0n) is 16.6. The highest BCUT2D eigenvalue weighted by Gasteiger charge is 2.20. The summed E-state index contributed by atoms with van der Waals surface area (Å²) in [7, 11) is 0. The van der Waals surface area contributed by atoms with Crippen molar-refractivity contribution in [2.45, 2.75) is 46.6 Å². The van der Waals surface area contributed by atoms with Crippen LogP contribution >= 0.6 is 0 Å². The summed E-state index contributed by atoms with van der Waals surface area (Å²) in [5.74, 6) is 1.48. The number of amides is 1. The number of benzene rings is 2. The van der Waals surface area contributed by atoms with E-state index in [1.165, 1.54) is 11.1 Å². The molecule has 1 amide bonds. The van der Waals surface area contributed by atoms with Crippen LogP contribution in [-0.4, -0.2) is 17.2 Å². The maximum atomic E-state index is 12.5. The molecule has 0 fully saturated rings. The number of nitrogens with one attached hydrogen (secondary N) is 1. The summed E-state index contributed by atoms with van der Waals surface area (Å²) >= 11 is 0. The van der Waals surface area contributed by atoms with Crippen molar-refractivity contribution < 1.29 is 14.1 Å². The van der Waals surface area contributed by atoms with E-state index in [-0.39, 0.29) is 18.4 Å². The highest BCUT2D eigenvalue weighted by atomic mass is 16.5. The second-order valence-electron chi connectivity index (χ2n) is 7.64. The Bertz CT molecular complexity index is 1030. The summed E-state index contributed by atoms with van der Waals surface area (Å²) in [5.41, 5.74) is 6.89. The van der Waals surface area contributed by atoms with Crippen LogP contribution in [0.4, 0.5) is 5.69 Å². The van der Waals surface area contributed by atoms with E-state index in [1.807, 2.05) is 39.0 Å². The minimum Gasteiger partial charge on any atom is -0.490 e. The lowest BCUT2D eigenvalue weighted by molar-refractivity contribution is -0.115. The number of carbonyl (C=O) groups is 1. The minimum absolute atomic E-state index is 0.105. The molecule has 5 nitrogen and oxygen atoms in total. The molecule has 2 heterocycles. The number of nitrogens with zero attached hydrogens (tertiary/aromatic N) is 1. The van der Waals surface area contributed by atoms with Gasteiger partial charge in [-0.2, -0.15) is 0 Å². The first kappa shape index (κ1) is 18.3. The predicted octanol–water partition coefficient (Wildman–Crippen LogP) is 4.77. The molecular formula is C23H24N2O3. The van der Waals surface area contributed by atoms with Crippen LogP contribution in [0.3, 0.4) is 0 Å². The van der Waals surface area contributed by atoms with E-state index in [1.54, 1.807) is 0 Å².